The van der Waals surface area contributed by atoms with E-state index in [1.807, 2.05) is 17.5 Å². The summed E-state index contributed by atoms with van der Waals surface area (Å²) in [5.41, 5.74) is -0.174. The summed E-state index contributed by atoms with van der Waals surface area (Å²) in [7, 11) is -3.97. The van der Waals surface area contributed by atoms with E-state index in [1.54, 1.807) is 0 Å². The molecule has 2 heterocycles. The van der Waals surface area contributed by atoms with Crippen molar-refractivity contribution in [3.05, 3.63) is 53.2 Å². The summed E-state index contributed by atoms with van der Waals surface area (Å²) in [5.74, 6) is -2.53. The highest BCUT2D eigenvalue weighted by Crippen LogP contribution is 2.24. The van der Waals surface area contributed by atoms with Crippen LogP contribution in [0.3, 0.4) is 0 Å². The molecule has 0 aliphatic heterocycles. The normalized spacial score (nSPS) is 12.6. The predicted octanol–water partition coefficient (Wildman–Crippen LogP) is 2.55. The van der Waals surface area contributed by atoms with E-state index in [9.17, 15) is 22.0 Å². The summed E-state index contributed by atoms with van der Waals surface area (Å²) in [6.07, 6.45) is 0.864. The third-order valence-corrected chi connectivity index (χ3v) is 5.98. The van der Waals surface area contributed by atoms with E-state index in [0.717, 1.165) is 23.3 Å². The van der Waals surface area contributed by atoms with Crippen LogP contribution in [0.4, 0.5) is 14.5 Å². The topological polar surface area (TPSA) is 105 Å². The van der Waals surface area contributed by atoms with E-state index in [4.69, 9.17) is 4.52 Å². The number of hydrogen-bond donors (Lipinski definition) is 1. The third kappa shape index (κ3) is 4.77. The monoisotopic (exact) mass is 442 g/mol. The molecule has 8 nitrogen and oxygen atoms in total. The maximum Gasteiger partial charge on any atom is 0.246 e. The van der Waals surface area contributed by atoms with Crippen molar-refractivity contribution in [3.8, 4) is 10.7 Å². The minimum Gasteiger partial charge on any atom is -0.345 e. The number of aromatic nitrogens is 2. The molecule has 0 fully saturated rings. The van der Waals surface area contributed by atoms with Crippen molar-refractivity contribution in [2.75, 3.05) is 10.6 Å². The van der Waals surface area contributed by atoms with Gasteiger partial charge in [-0.1, -0.05) is 11.2 Å². The average molecular weight is 442 g/mol. The van der Waals surface area contributed by atoms with Crippen LogP contribution in [0.15, 0.2) is 40.2 Å². The molecule has 29 heavy (non-hydrogen) atoms. The summed E-state index contributed by atoms with van der Waals surface area (Å²) in [6.45, 7) is 1.19. The van der Waals surface area contributed by atoms with E-state index in [2.05, 4.69) is 15.5 Å². The van der Waals surface area contributed by atoms with Gasteiger partial charge in [-0.3, -0.25) is 9.10 Å². The van der Waals surface area contributed by atoms with Gasteiger partial charge in [-0.05, 0) is 30.5 Å². The van der Waals surface area contributed by atoms with Gasteiger partial charge in [0.1, 0.15) is 6.04 Å². The molecule has 0 spiro atoms. The van der Waals surface area contributed by atoms with Gasteiger partial charge in [-0.25, -0.2) is 17.2 Å². The van der Waals surface area contributed by atoms with Crippen molar-refractivity contribution in [3.63, 3.8) is 0 Å². The molecule has 1 N–H and O–H groups in total. The first-order chi connectivity index (χ1) is 13.7. The molecular weight excluding hydrogens is 426 g/mol. The van der Waals surface area contributed by atoms with Gasteiger partial charge in [0.15, 0.2) is 11.6 Å². The fraction of sp³-hybridized carbons (Fsp3) is 0.235. The smallest absolute Gasteiger partial charge is 0.246 e. The molecule has 1 aromatic carbocycles. The maximum atomic E-state index is 13.6. The summed E-state index contributed by atoms with van der Waals surface area (Å²) >= 11 is 1.42. The summed E-state index contributed by atoms with van der Waals surface area (Å²) in [4.78, 5) is 17.4. The van der Waals surface area contributed by atoms with Crippen LogP contribution >= 0.6 is 11.3 Å². The molecule has 12 heteroatoms. The Morgan fingerprint density at radius 2 is 2.07 bits per heavy atom. The number of hydrogen-bond acceptors (Lipinski definition) is 7. The highest BCUT2D eigenvalue weighted by Gasteiger charge is 2.30. The third-order valence-electron chi connectivity index (χ3n) is 3.87. The fourth-order valence-electron chi connectivity index (χ4n) is 2.57. The van der Waals surface area contributed by atoms with Crippen molar-refractivity contribution in [1.82, 2.24) is 15.5 Å². The van der Waals surface area contributed by atoms with Crippen LogP contribution < -0.4 is 9.62 Å². The summed E-state index contributed by atoms with van der Waals surface area (Å²) < 4.78 is 56.9. The first kappa shape index (κ1) is 20.9. The zero-order chi connectivity index (χ0) is 21.2. The Morgan fingerprint density at radius 1 is 1.31 bits per heavy atom. The Kier molecular flexibility index (Phi) is 5.94. The standard InChI is InChI=1S/C17H16F2N4O4S2/c1-10(23(29(2,25)26)11-5-6-12(18)13(19)8-11)17(24)20-9-15-21-16(22-27-15)14-4-3-7-28-14/h3-8,10H,9H2,1-2H3,(H,20,24)/t10-/m0/s1. The number of rotatable bonds is 7. The van der Waals surface area contributed by atoms with Gasteiger partial charge in [0.25, 0.3) is 0 Å². The number of thiophene rings is 1. The highest BCUT2D eigenvalue weighted by atomic mass is 32.2. The van der Waals surface area contributed by atoms with E-state index >= 15 is 0 Å². The minimum atomic E-state index is -3.97. The molecule has 0 bridgehead atoms. The Labute approximate surface area is 169 Å². The number of carbonyl (C=O) groups is 1. The fourth-order valence-corrected chi connectivity index (χ4v) is 4.39. The van der Waals surface area contributed by atoms with Gasteiger partial charge in [0, 0.05) is 6.07 Å². The van der Waals surface area contributed by atoms with Crippen LogP contribution in [0.1, 0.15) is 12.8 Å². The van der Waals surface area contributed by atoms with E-state index < -0.39 is 33.6 Å². The van der Waals surface area contributed by atoms with Gasteiger partial charge in [0.05, 0.1) is 23.4 Å². The number of nitrogens with zero attached hydrogens (tertiary/aromatic N) is 3. The molecule has 3 aromatic rings. The van der Waals surface area contributed by atoms with Crippen molar-refractivity contribution < 1.29 is 26.5 Å². The second kappa shape index (κ2) is 8.25. The van der Waals surface area contributed by atoms with E-state index in [-0.39, 0.29) is 18.1 Å². The van der Waals surface area contributed by atoms with Gasteiger partial charge < -0.3 is 9.84 Å². The number of benzene rings is 1. The number of halogens is 2. The first-order valence-corrected chi connectivity index (χ1v) is 11.0. The lowest BCUT2D eigenvalue weighted by molar-refractivity contribution is -0.122. The Hall–Kier alpha value is -2.86. The van der Waals surface area contributed by atoms with Crippen LogP contribution in [-0.4, -0.2) is 36.8 Å². The zero-order valence-corrected chi connectivity index (χ0v) is 16.9. The Balaban J connectivity index is 1.73. The number of amides is 1. The SMILES string of the molecule is C[C@@H](C(=O)NCc1nc(-c2cccs2)no1)N(c1ccc(F)c(F)c1)S(C)(=O)=O. The largest absolute Gasteiger partial charge is 0.345 e. The van der Waals surface area contributed by atoms with Gasteiger partial charge in [-0.15, -0.1) is 11.3 Å². The van der Waals surface area contributed by atoms with Crippen LogP contribution in [0.25, 0.3) is 10.7 Å². The molecule has 0 aliphatic carbocycles. The first-order valence-electron chi connectivity index (χ1n) is 8.25. The van der Waals surface area contributed by atoms with Crippen molar-refractivity contribution >= 4 is 33.0 Å². The number of anilines is 1. The number of sulfonamides is 1. The molecule has 1 amide bonds. The number of carbonyl (C=O) groups excluding carboxylic acids is 1. The van der Waals surface area contributed by atoms with Gasteiger partial charge >= 0.3 is 0 Å². The molecule has 0 unspecified atom stereocenters. The lowest BCUT2D eigenvalue weighted by Crippen LogP contribution is -2.47. The number of nitrogens with one attached hydrogen (secondary N) is 1. The van der Waals surface area contributed by atoms with Crippen molar-refractivity contribution in [2.24, 2.45) is 0 Å². The molecule has 0 saturated carbocycles. The second-order valence-corrected chi connectivity index (χ2v) is 8.85. The minimum absolute atomic E-state index is 0.128. The average Bonchev–Trinajstić information content (AvgIpc) is 3.32. The summed E-state index contributed by atoms with van der Waals surface area (Å²) in [5, 5.41) is 8.16. The van der Waals surface area contributed by atoms with Gasteiger partial charge in [0.2, 0.25) is 27.6 Å². The molecular formula is C17H16F2N4O4S2. The maximum absolute atomic E-state index is 13.6. The molecule has 0 saturated heterocycles. The summed E-state index contributed by atoms with van der Waals surface area (Å²) in [6, 6.07) is 4.98. The van der Waals surface area contributed by atoms with Gasteiger partial charge in [-0.2, -0.15) is 4.98 Å². The lowest BCUT2D eigenvalue weighted by atomic mass is 10.2. The van der Waals surface area contributed by atoms with Crippen LogP contribution in [0.2, 0.25) is 0 Å². The Bertz CT molecular complexity index is 1120. The van der Waals surface area contributed by atoms with Crippen LogP contribution in [-0.2, 0) is 21.4 Å². The molecule has 1 atom stereocenters. The predicted molar refractivity (Wildman–Crippen MR) is 103 cm³/mol. The van der Waals surface area contributed by atoms with Crippen LogP contribution in [0, 0.1) is 11.6 Å². The molecule has 3 rings (SSSR count). The molecule has 0 aliphatic rings. The highest BCUT2D eigenvalue weighted by molar-refractivity contribution is 7.92. The van der Waals surface area contributed by atoms with Crippen molar-refractivity contribution in [2.45, 2.75) is 19.5 Å². The van der Waals surface area contributed by atoms with E-state index in [1.165, 1.54) is 18.3 Å². The van der Waals surface area contributed by atoms with Crippen LogP contribution in [0.5, 0.6) is 0 Å². The zero-order valence-electron chi connectivity index (χ0n) is 15.3. The molecule has 154 valence electrons. The Morgan fingerprint density at radius 3 is 2.69 bits per heavy atom. The lowest BCUT2D eigenvalue weighted by Gasteiger charge is -2.28. The molecule has 2 aromatic heterocycles. The second-order valence-electron chi connectivity index (χ2n) is 6.04. The quantitative estimate of drug-likeness (QED) is 0.603. The van der Waals surface area contributed by atoms with E-state index in [0.29, 0.717) is 16.2 Å². The molecule has 0 radical (unpaired) electrons. The van der Waals surface area contributed by atoms with Crippen molar-refractivity contribution in [1.29, 1.82) is 0 Å².